The molecule has 0 saturated carbocycles. The van der Waals surface area contributed by atoms with Crippen LogP contribution in [0.1, 0.15) is 17.5 Å². The molecule has 1 fully saturated rings. The number of rotatable bonds is 2. The van der Waals surface area contributed by atoms with Gasteiger partial charge in [-0.2, -0.15) is 0 Å². The molecular formula is C8H9NO3S. The number of aromatic nitrogens is 1. The zero-order chi connectivity index (χ0) is 9.26. The highest BCUT2D eigenvalue weighted by Crippen LogP contribution is 2.35. The van der Waals surface area contributed by atoms with Crippen LogP contribution in [0.4, 0.5) is 0 Å². The van der Waals surface area contributed by atoms with Gasteiger partial charge in [0, 0.05) is 18.2 Å². The molecule has 1 aromatic rings. The molecule has 4 nitrogen and oxygen atoms in total. The number of carboxylic acid groups (broad SMARTS) is 1. The lowest BCUT2D eigenvalue weighted by Gasteiger charge is -2.10. The van der Waals surface area contributed by atoms with E-state index in [1.54, 1.807) is 6.20 Å². The first-order chi connectivity index (χ1) is 6.29. The van der Waals surface area contributed by atoms with Gasteiger partial charge in [-0.05, 0) is 6.42 Å². The average Bonchev–Trinajstić information content (AvgIpc) is 2.74. The Labute approximate surface area is 79.2 Å². The molecule has 1 N–H and O–H groups in total. The molecule has 1 aliphatic rings. The van der Waals surface area contributed by atoms with E-state index in [1.165, 1.54) is 11.3 Å². The van der Waals surface area contributed by atoms with Gasteiger partial charge in [0.2, 0.25) is 0 Å². The Kier molecular flexibility index (Phi) is 2.28. The number of carbonyl (C=O) groups is 1. The highest BCUT2D eigenvalue weighted by molar-refractivity contribution is 7.09. The van der Waals surface area contributed by atoms with E-state index in [1.807, 2.05) is 5.38 Å². The van der Waals surface area contributed by atoms with Crippen molar-refractivity contribution in [3.8, 4) is 0 Å². The lowest BCUT2D eigenvalue weighted by molar-refractivity contribution is -0.143. The summed E-state index contributed by atoms with van der Waals surface area (Å²) in [5.41, 5.74) is 0. The van der Waals surface area contributed by atoms with E-state index in [2.05, 4.69) is 4.98 Å². The minimum Gasteiger partial charge on any atom is -0.481 e. The maximum Gasteiger partial charge on any atom is 0.309 e. The fourth-order valence-electron chi connectivity index (χ4n) is 1.46. The molecule has 13 heavy (non-hydrogen) atoms. The molecule has 1 aliphatic heterocycles. The van der Waals surface area contributed by atoms with Crippen molar-refractivity contribution < 1.29 is 14.6 Å². The second-order valence-electron chi connectivity index (χ2n) is 2.90. The highest BCUT2D eigenvalue weighted by Gasteiger charge is 2.36. The summed E-state index contributed by atoms with van der Waals surface area (Å²) < 4.78 is 5.34. The SMILES string of the molecule is O=C(O)C1CCOC1c1nccs1. The molecule has 2 atom stereocenters. The first-order valence-electron chi connectivity index (χ1n) is 4.03. The lowest BCUT2D eigenvalue weighted by Crippen LogP contribution is -2.17. The molecule has 2 heterocycles. The second kappa shape index (κ2) is 3.43. The molecule has 2 rings (SSSR count). The Bertz CT molecular complexity index is 298. The second-order valence-corrected chi connectivity index (χ2v) is 3.82. The van der Waals surface area contributed by atoms with Crippen LogP contribution in [0, 0.1) is 5.92 Å². The Balaban J connectivity index is 2.19. The maximum absolute atomic E-state index is 10.8. The Morgan fingerprint density at radius 2 is 2.62 bits per heavy atom. The average molecular weight is 199 g/mol. The number of carboxylic acids is 1. The van der Waals surface area contributed by atoms with E-state index < -0.39 is 11.9 Å². The standard InChI is InChI=1S/C8H9NO3S/c10-8(11)5-1-3-12-6(5)7-9-2-4-13-7/h2,4-6H,1,3H2,(H,10,11). The van der Waals surface area contributed by atoms with Gasteiger partial charge in [-0.25, -0.2) is 4.98 Å². The fourth-order valence-corrected chi connectivity index (χ4v) is 2.21. The van der Waals surface area contributed by atoms with Crippen molar-refractivity contribution in [2.75, 3.05) is 6.61 Å². The molecule has 0 aromatic carbocycles. The molecule has 70 valence electrons. The summed E-state index contributed by atoms with van der Waals surface area (Å²) in [5.74, 6) is -1.22. The largest absolute Gasteiger partial charge is 0.481 e. The number of hydrogen-bond acceptors (Lipinski definition) is 4. The maximum atomic E-state index is 10.8. The molecule has 0 bridgehead atoms. The van der Waals surface area contributed by atoms with Crippen molar-refractivity contribution in [1.82, 2.24) is 4.98 Å². The van der Waals surface area contributed by atoms with Crippen LogP contribution in [0.3, 0.4) is 0 Å². The molecular weight excluding hydrogens is 190 g/mol. The van der Waals surface area contributed by atoms with Crippen LogP contribution in [-0.2, 0) is 9.53 Å². The summed E-state index contributed by atoms with van der Waals surface area (Å²) in [5, 5.41) is 11.5. The van der Waals surface area contributed by atoms with Gasteiger partial charge in [-0.15, -0.1) is 11.3 Å². The van der Waals surface area contributed by atoms with Gasteiger partial charge in [-0.1, -0.05) is 0 Å². The monoisotopic (exact) mass is 199 g/mol. The van der Waals surface area contributed by atoms with Gasteiger partial charge in [-0.3, -0.25) is 4.79 Å². The van der Waals surface area contributed by atoms with Crippen molar-refractivity contribution in [1.29, 1.82) is 0 Å². The zero-order valence-electron chi connectivity index (χ0n) is 6.84. The Morgan fingerprint density at radius 1 is 1.77 bits per heavy atom. The molecule has 0 spiro atoms. The van der Waals surface area contributed by atoms with Gasteiger partial charge in [0.05, 0.1) is 5.92 Å². The topological polar surface area (TPSA) is 59.4 Å². The van der Waals surface area contributed by atoms with Crippen LogP contribution in [0.2, 0.25) is 0 Å². The summed E-state index contributed by atoms with van der Waals surface area (Å²) >= 11 is 1.44. The van der Waals surface area contributed by atoms with Crippen molar-refractivity contribution in [3.63, 3.8) is 0 Å². The van der Waals surface area contributed by atoms with E-state index in [-0.39, 0.29) is 6.10 Å². The van der Waals surface area contributed by atoms with Crippen LogP contribution in [0.15, 0.2) is 11.6 Å². The van der Waals surface area contributed by atoms with E-state index in [0.29, 0.717) is 13.0 Å². The third-order valence-corrected chi connectivity index (χ3v) is 2.94. The summed E-state index contributed by atoms with van der Waals surface area (Å²) in [6, 6.07) is 0. The molecule has 2 unspecified atom stereocenters. The Hall–Kier alpha value is -0.940. The number of nitrogens with zero attached hydrogens (tertiary/aromatic N) is 1. The molecule has 0 amide bonds. The number of hydrogen-bond donors (Lipinski definition) is 1. The lowest BCUT2D eigenvalue weighted by atomic mass is 10.0. The minimum absolute atomic E-state index is 0.336. The van der Waals surface area contributed by atoms with Crippen molar-refractivity contribution >= 4 is 17.3 Å². The van der Waals surface area contributed by atoms with Crippen molar-refractivity contribution in [2.24, 2.45) is 5.92 Å². The molecule has 0 aliphatic carbocycles. The molecule has 1 aromatic heterocycles. The first kappa shape index (κ1) is 8.65. The fraction of sp³-hybridized carbons (Fsp3) is 0.500. The summed E-state index contributed by atoms with van der Waals surface area (Å²) in [6.45, 7) is 0.515. The summed E-state index contributed by atoms with van der Waals surface area (Å²) in [7, 11) is 0. The minimum atomic E-state index is -0.794. The van der Waals surface area contributed by atoms with Crippen LogP contribution in [0.25, 0.3) is 0 Å². The van der Waals surface area contributed by atoms with E-state index >= 15 is 0 Å². The van der Waals surface area contributed by atoms with Crippen LogP contribution in [-0.4, -0.2) is 22.7 Å². The van der Waals surface area contributed by atoms with Crippen LogP contribution < -0.4 is 0 Å². The van der Waals surface area contributed by atoms with E-state index in [0.717, 1.165) is 5.01 Å². The van der Waals surface area contributed by atoms with Gasteiger partial charge < -0.3 is 9.84 Å². The van der Waals surface area contributed by atoms with Crippen LogP contribution >= 0.6 is 11.3 Å². The zero-order valence-corrected chi connectivity index (χ0v) is 7.66. The predicted octanol–water partition coefficient (Wildman–Crippen LogP) is 1.31. The Morgan fingerprint density at radius 3 is 3.23 bits per heavy atom. The summed E-state index contributed by atoms with van der Waals surface area (Å²) in [4.78, 5) is 14.9. The summed E-state index contributed by atoms with van der Waals surface area (Å²) in [6.07, 6.45) is 1.91. The van der Waals surface area contributed by atoms with Gasteiger partial charge in [0.15, 0.2) is 0 Å². The van der Waals surface area contributed by atoms with Gasteiger partial charge >= 0.3 is 5.97 Å². The van der Waals surface area contributed by atoms with Gasteiger partial charge in [0.1, 0.15) is 11.1 Å². The molecule has 0 radical (unpaired) electrons. The number of ether oxygens (including phenoxy) is 1. The van der Waals surface area contributed by atoms with Crippen molar-refractivity contribution in [2.45, 2.75) is 12.5 Å². The van der Waals surface area contributed by atoms with Gasteiger partial charge in [0.25, 0.3) is 0 Å². The van der Waals surface area contributed by atoms with E-state index in [9.17, 15) is 4.79 Å². The smallest absolute Gasteiger partial charge is 0.309 e. The third kappa shape index (κ3) is 1.57. The van der Waals surface area contributed by atoms with E-state index in [4.69, 9.17) is 9.84 Å². The normalized spacial score (nSPS) is 27.7. The third-order valence-electron chi connectivity index (χ3n) is 2.10. The van der Waals surface area contributed by atoms with Crippen molar-refractivity contribution in [3.05, 3.63) is 16.6 Å². The van der Waals surface area contributed by atoms with Crippen LogP contribution in [0.5, 0.6) is 0 Å². The first-order valence-corrected chi connectivity index (χ1v) is 4.91. The molecule has 5 heteroatoms. The number of aliphatic carboxylic acids is 1. The highest BCUT2D eigenvalue weighted by atomic mass is 32.1. The molecule has 1 saturated heterocycles. The quantitative estimate of drug-likeness (QED) is 0.780. The number of thiazole rings is 1. The predicted molar refractivity (Wildman–Crippen MR) is 46.5 cm³/mol.